The molecule has 1 aromatic rings. The van der Waals surface area contributed by atoms with Crippen molar-refractivity contribution < 1.29 is 9.53 Å². The highest BCUT2D eigenvalue weighted by atomic mass is 127. The number of methoxy groups -OCH3 is 1. The average Bonchev–Trinajstić information content (AvgIpc) is 2.71. The second-order valence-corrected chi connectivity index (χ2v) is 7.92. The number of carbonyl (C=O) groups excluding carboxylic acids is 1. The molecule has 0 saturated carbocycles. The van der Waals surface area contributed by atoms with Gasteiger partial charge in [-0.25, -0.2) is 0 Å². The number of hydrogen-bond donors (Lipinski definition) is 2. The van der Waals surface area contributed by atoms with Gasteiger partial charge in [-0.1, -0.05) is 19.1 Å². The van der Waals surface area contributed by atoms with Crippen LogP contribution >= 0.6 is 24.0 Å². The van der Waals surface area contributed by atoms with Gasteiger partial charge < -0.3 is 20.3 Å². The first-order chi connectivity index (χ1) is 13.9. The van der Waals surface area contributed by atoms with Gasteiger partial charge in [0, 0.05) is 45.8 Å². The smallest absolute Gasteiger partial charge is 0.234 e. The van der Waals surface area contributed by atoms with E-state index in [4.69, 9.17) is 4.74 Å². The van der Waals surface area contributed by atoms with Crippen molar-refractivity contribution in [1.29, 1.82) is 0 Å². The maximum Gasteiger partial charge on any atom is 0.234 e. The van der Waals surface area contributed by atoms with E-state index in [-0.39, 0.29) is 35.9 Å². The highest BCUT2D eigenvalue weighted by molar-refractivity contribution is 14.0. The molecule has 1 aliphatic heterocycles. The van der Waals surface area contributed by atoms with Gasteiger partial charge in [-0.15, -0.1) is 24.0 Å². The molecule has 8 heteroatoms. The molecule has 1 unspecified atom stereocenters. The topological polar surface area (TPSA) is 69.2 Å². The SMILES string of the molecule is CN=C(NCCC(C)c1ccc(OC)cc1)N1CCN(CC(=O)NC(C)C)CC1.I. The number of piperazine rings is 1. The number of nitrogens with zero attached hydrogens (tertiary/aromatic N) is 3. The fourth-order valence-corrected chi connectivity index (χ4v) is 3.52. The Labute approximate surface area is 198 Å². The van der Waals surface area contributed by atoms with Crippen molar-refractivity contribution in [1.82, 2.24) is 20.4 Å². The second-order valence-electron chi connectivity index (χ2n) is 7.92. The lowest BCUT2D eigenvalue weighted by Crippen LogP contribution is -2.54. The van der Waals surface area contributed by atoms with E-state index in [2.05, 4.69) is 44.5 Å². The number of guanidine groups is 1. The van der Waals surface area contributed by atoms with E-state index in [1.54, 1.807) is 7.11 Å². The van der Waals surface area contributed by atoms with Gasteiger partial charge in [-0.05, 0) is 43.9 Å². The summed E-state index contributed by atoms with van der Waals surface area (Å²) in [6.07, 6.45) is 1.03. The summed E-state index contributed by atoms with van der Waals surface area (Å²) in [6.45, 7) is 11.1. The van der Waals surface area contributed by atoms with Crippen LogP contribution in [0.5, 0.6) is 5.75 Å². The summed E-state index contributed by atoms with van der Waals surface area (Å²) in [5.74, 6) is 2.39. The maximum atomic E-state index is 11.9. The van der Waals surface area contributed by atoms with Crippen molar-refractivity contribution in [3.8, 4) is 5.75 Å². The highest BCUT2D eigenvalue weighted by Gasteiger charge is 2.21. The maximum absolute atomic E-state index is 11.9. The zero-order chi connectivity index (χ0) is 21.2. The number of benzene rings is 1. The summed E-state index contributed by atoms with van der Waals surface area (Å²) in [7, 11) is 3.52. The number of amides is 1. The lowest BCUT2D eigenvalue weighted by molar-refractivity contribution is -0.123. The minimum absolute atomic E-state index is 0. The number of hydrogen-bond acceptors (Lipinski definition) is 4. The molecule has 2 N–H and O–H groups in total. The molecule has 0 radical (unpaired) electrons. The van der Waals surface area contributed by atoms with Crippen molar-refractivity contribution in [3.05, 3.63) is 29.8 Å². The molecule has 1 amide bonds. The van der Waals surface area contributed by atoms with Gasteiger partial charge in [0.05, 0.1) is 13.7 Å². The van der Waals surface area contributed by atoms with Crippen molar-refractivity contribution in [2.75, 3.05) is 53.4 Å². The van der Waals surface area contributed by atoms with Gasteiger partial charge in [0.2, 0.25) is 5.91 Å². The van der Waals surface area contributed by atoms with Crippen molar-refractivity contribution >= 4 is 35.8 Å². The Bertz CT molecular complexity index is 658. The number of halogens is 1. The molecule has 0 aromatic heterocycles. The summed E-state index contributed by atoms with van der Waals surface area (Å²) in [6, 6.07) is 8.48. The Morgan fingerprint density at radius 2 is 1.77 bits per heavy atom. The predicted octanol–water partition coefficient (Wildman–Crippen LogP) is 2.52. The molecule has 7 nitrogen and oxygen atoms in total. The van der Waals surface area contributed by atoms with Gasteiger partial charge >= 0.3 is 0 Å². The molecular weight excluding hydrogens is 493 g/mol. The molecule has 1 aliphatic rings. The third kappa shape index (κ3) is 8.67. The Balaban J connectivity index is 0.00000450. The molecule has 170 valence electrons. The molecular formula is C22H38IN5O2. The number of ether oxygens (including phenoxy) is 1. The molecule has 30 heavy (non-hydrogen) atoms. The molecule has 0 bridgehead atoms. The Hall–Kier alpha value is -1.55. The summed E-state index contributed by atoms with van der Waals surface area (Å²) in [5, 5.41) is 6.45. The van der Waals surface area contributed by atoms with Crippen LogP contribution in [0.4, 0.5) is 0 Å². The van der Waals surface area contributed by atoms with Gasteiger partial charge in [0.15, 0.2) is 5.96 Å². The van der Waals surface area contributed by atoms with Crippen LogP contribution < -0.4 is 15.4 Å². The molecule has 2 rings (SSSR count). The van der Waals surface area contributed by atoms with Crippen molar-refractivity contribution in [2.24, 2.45) is 4.99 Å². The van der Waals surface area contributed by atoms with Gasteiger partial charge in [-0.3, -0.25) is 14.7 Å². The van der Waals surface area contributed by atoms with E-state index in [1.165, 1.54) is 5.56 Å². The third-order valence-electron chi connectivity index (χ3n) is 5.25. The van der Waals surface area contributed by atoms with E-state index < -0.39 is 0 Å². The molecule has 1 atom stereocenters. The third-order valence-corrected chi connectivity index (χ3v) is 5.25. The minimum Gasteiger partial charge on any atom is -0.497 e. The number of aliphatic imine (C=N–C) groups is 1. The van der Waals surface area contributed by atoms with E-state index in [1.807, 2.05) is 33.0 Å². The Morgan fingerprint density at radius 1 is 1.13 bits per heavy atom. The zero-order valence-electron chi connectivity index (χ0n) is 19.0. The Morgan fingerprint density at radius 3 is 2.30 bits per heavy atom. The average molecular weight is 531 g/mol. The monoisotopic (exact) mass is 531 g/mol. The van der Waals surface area contributed by atoms with Crippen molar-refractivity contribution in [2.45, 2.75) is 39.2 Å². The summed E-state index contributed by atoms with van der Waals surface area (Å²) in [5.41, 5.74) is 1.32. The first-order valence-corrected chi connectivity index (χ1v) is 10.5. The quantitative estimate of drug-likeness (QED) is 0.307. The summed E-state index contributed by atoms with van der Waals surface area (Å²) >= 11 is 0. The van der Waals surface area contributed by atoms with Crippen LogP contribution in [0.25, 0.3) is 0 Å². The molecule has 1 heterocycles. The number of rotatable bonds is 8. The van der Waals surface area contributed by atoms with Crippen LogP contribution in [0.3, 0.4) is 0 Å². The highest BCUT2D eigenvalue weighted by Crippen LogP contribution is 2.21. The predicted molar refractivity (Wildman–Crippen MR) is 134 cm³/mol. The van der Waals surface area contributed by atoms with Gasteiger partial charge in [-0.2, -0.15) is 0 Å². The standard InChI is InChI=1S/C22H37N5O2.HI/c1-17(2)25-21(28)16-26-12-14-27(15-13-26)22(23-4)24-11-10-18(3)19-6-8-20(29-5)9-7-19;/h6-9,17-18H,10-16H2,1-5H3,(H,23,24)(H,25,28);1H. The fourth-order valence-electron chi connectivity index (χ4n) is 3.52. The van der Waals surface area contributed by atoms with Crippen LogP contribution in [0.2, 0.25) is 0 Å². The lowest BCUT2D eigenvalue weighted by Gasteiger charge is -2.36. The molecule has 1 aromatic carbocycles. The molecule has 0 aliphatic carbocycles. The zero-order valence-corrected chi connectivity index (χ0v) is 21.3. The lowest BCUT2D eigenvalue weighted by atomic mass is 9.98. The largest absolute Gasteiger partial charge is 0.497 e. The van der Waals surface area contributed by atoms with Crippen LogP contribution in [-0.2, 0) is 4.79 Å². The minimum atomic E-state index is 0. The van der Waals surface area contributed by atoms with Crippen LogP contribution in [0.15, 0.2) is 29.3 Å². The first-order valence-electron chi connectivity index (χ1n) is 10.5. The van der Waals surface area contributed by atoms with Gasteiger partial charge in [0.25, 0.3) is 0 Å². The van der Waals surface area contributed by atoms with E-state index in [0.29, 0.717) is 12.5 Å². The number of nitrogens with one attached hydrogen (secondary N) is 2. The van der Waals surface area contributed by atoms with Crippen LogP contribution in [-0.4, -0.2) is 81.1 Å². The van der Waals surface area contributed by atoms with E-state index in [0.717, 1.165) is 50.9 Å². The Kier molecular flexibility index (Phi) is 12.1. The van der Waals surface area contributed by atoms with E-state index in [9.17, 15) is 4.79 Å². The first kappa shape index (κ1) is 26.5. The fraction of sp³-hybridized carbons (Fsp3) is 0.636. The molecule has 1 fully saturated rings. The van der Waals surface area contributed by atoms with E-state index >= 15 is 0 Å². The van der Waals surface area contributed by atoms with Crippen LogP contribution in [0.1, 0.15) is 38.7 Å². The summed E-state index contributed by atoms with van der Waals surface area (Å²) in [4.78, 5) is 20.9. The normalized spacial score (nSPS) is 16.1. The summed E-state index contributed by atoms with van der Waals surface area (Å²) < 4.78 is 5.23. The second kappa shape index (κ2) is 13.7. The van der Waals surface area contributed by atoms with Crippen LogP contribution in [0, 0.1) is 0 Å². The molecule has 0 spiro atoms. The van der Waals surface area contributed by atoms with Gasteiger partial charge in [0.1, 0.15) is 5.75 Å². The van der Waals surface area contributed by atoms with Crippen molar-refractivity contribution in [3.63, 3.8) is 0 Å². The molecule has 1 saturated heterocycles. The number of carbonyl (C=O) groups is 1.